The molecule has 3 aromatic carbocycles. The Morgan fingerprint density at radius 1 is 1.00 bits per heavy atom. The van der Waals surface area contributed by atoms with E-state index < -0.39 is 5.82 Å². The fourth-order valence-corrected chi connectivity index (χ4v) is 3.65. The molecular weight excluding hydrogens is 411 g/mol. The van der Waals surface area contributed by atoms with Crippen LogP contribution < -0.4 is 15.0 Å². The fraction of sp³-hybridized carbons (Fsp3) is 0.160. The second-order valence-electron chi connectivity index (χ2n) is 7.53. The molecule has 1 aliphatic heterocycles. The molecule has 3 aromatic rings. The Labute approximate surface area is 184 Å². The van der Waals surface area contributed by atoms with Crippen LogP contribution >= 0.6 is 0 Å². The molecular formula is C25H21FN2O4. The van der Waals surface area contributed by atoms with Gasteiger partial charge in [0.25, 0.3) is 5.91 Å². The molecule has 1 unspecified atom stereocenters. The maximum atomic E-state index is 13.1. The SMILES string of the molecule is CC1CC(=O)Nc2ccccc2N1C(=O)COc1ccc(C(=O)c2ccc(F)cc2)cc1. The Bertz CT molecular complexity index is 1160. The van der Waals surface area contributed by atoms with Crippen molar-refractivity contribution in [2.45, 2.75) is 19.4 Å². The predicted molar refractivity (Wildman–Crippen MR) is 118 cm³/mol. The zero-order chi connectivity index (χ0) is 22.7. The molecule has 4 rings (SSSR count). The van der Waals surface area contributed by atoms with Crippen LogP contribution in [-0.2, 0) is 9.59 Å². The average molecular weight is 432 g/mol. The first-order valence-electron chi connectivity index (χ1n) is 10.2. The lowest BCUT2D eigenvalue weighted by Crippen LogP contribution is -2.41. The summed E-state index contributed by atoms with van der Waals surface area (Å²) in [6, 6.07) is 18.5. The van der Waals surface area contributed by atoms with Crippen molar-refractivity contribution in [1.82, 2.24) is 0 Å². The molecule has 0 radical (unpaired) electrons. The molecule has 2 amide bonds. The van der Waals surface area contributed by atoms with Gasteiger partial charge in [0.15, 0.2) is 12.4 Å². The van der Waals surface area contributed by atoms with E-state index in [1.165, 1.54) is 24.3 Å². The second-order valence-corrected chi connectivity index (χ2v) is 7.53. The Hall–Kier alpha value is -4.00. The molecule has 0 spiro atoms. The molecule has 0 aliphatic carbocycles. The molecule has 7 heteroatoms. The molecule has 162 valence electrons. The molecule has 0 saturated heterocycles. The van der Waals surface area contributed by atoms with Crippen molar-refractivity contribution >= 4 is 29.0 Å². The van der Waals surface area contributed by atoms with Gasteiger partial charge in [-0.05, 0) is 67.6 Å². The van der Waals surface area contributed by atoms with E-state index in [0.717, 1.165) is 0 Å². The van der Waals surface area contributed by atoms with Gasteiger partial charge in [0.1, 0.15) is 11.6 Å². The Morgan fingerprint density at radius 3 is 2.31 bits per heavy atom. The van der Waals surface area contributed by atoms with Crippen molar-refractivity contribution in [2.75, 3.05) is 16.8 Å². The lowest BCUT2D eigenvalue weighted by molar-refractivity contribution is -0.121. The first-order chi connectivity index (χ1) is 15.4. The van der Waals surface area contributed by atoms with Crippen molar-refractivity contribution in [1.29, 1.82) is 0 Å². The molecule has 1 N–H and O–H groups in total. The monoisotopic (exact) mass is 432 g/mol. The van der Waals surface area contributed by atoms with Gasteiger partial charge in [-0.2, -0.15) is 0 Å². The third kappa shape index (κ3) is 4.51. The topological polar surface area (TPSA) is 75.7 Å². The number of amides is 2. The van der Waals surface area contributed by atoms with Crippen molar-refractivity contribution in [3.63, 3.8) is 0 Å². The summed E-state index contributed by atoms with van der Waals surface area (Å²) >= 11 is 0. The van der Waals surface area contributed by atoms with Gasteiger partial charge in [-0.25, -0.2) is 4.39 Å². The van der Waals surface area contributed by atoms with Crippen molar-refractivity contribution in [2.24, 2.45) is 0 Å². The van der Waals surface area contributed by atoms with Crippen LogP contribution in [-0.4, -0.2) is 30.2 Å². The molecule has 1 heterocycles. The minimum absolute atomic E-state index is 0.150. The second kappa shape index (κ2) is 9.01. The highest BCUT2D eigenvalue weighted by atomic mass is 19.1. The summed E-state index contributed by atoms with van der Waals surface area (Å²) in [5.41, 5.74) is 2.01. The van der Waals surface area contributed by atoms with E-state index in [1.54, 1.807) is 53.4 Å². The smallest absolute Gasteiger partial charge is 0.265 e. The van der Waals surface area contributed by atoms with Crippen LogP contribution in [0.15, 0.2) is 72.8 Å². The summed E-state index contributed by atoms with van der Waals surface area (Å²) in [6.07, 6.45) is 0.181. The first kappa shape index (κ1) is 21.2. The molecule has 1 atom stereocenters. The molecule has 6 nitrogen and oxygen atoms in total. The number of carbonyl (C=O) groups is 3. The van der Waals surface area contributed by atoms with E-state index in [9.17, 15) is 18.8 Å². The molecule has 1 aliphatic rings. The molecule has 32 heavy (non-hydrogen) atoms. The van der Waals surface area contributed by atoms with Gasteiger partial charge < -0.3 is 15.0 Å². The van der Waals surface area contributed by atoms with Gasteiger partial charge in [-0.1, -0.05) is 12.1 Å². The van der Waals surface area contributed by atoms with Gasteiger partial charge in [0, 0.05) is 23.6 Å². The summed E-state index contributed by atoms with van der Waals surface area (Å²) in [7, 11) is 0. The third-order valence-electron chi connectivity index (χ3n) is 5.21. The van der Waals surface area contributed by atoms with E-state index in [4.69, 9.17) is 4.74 Å². The van der Waals surface area contributed by atoms with E-state index in [1.807, 2.05) is 6.92 Å². The number of nitrogens with zero attached hydrogens (tertiary/aromatic N) is 1. The zero-order valence-electron chi connectivity index (χ0n) is 17.4. The maximum Gasteiger partial charge on any atom is 0.265 e. The highest BCUT2D eigenvalue weighted by Gasteiger charge is 2.29. The summed E-state index contributed by atoms with van der Waals surface area (Å²) in [5.74, 6) is -0.647. The van der Waals surface area contributed by atoms with Gasteiger partial charge in [0.2, 0.25) is 5.91 Å². The predicted octanol–water partition coefficient (Wildman–Crippen LogP) is 4.20. The lowest BCUT2D eigenvalue weighted by atomic mass is 10.0. The summed E-state index contributed by atoms with van der Waals surface area (Å²) in [5, 5.41) is 2.82. The normalized spacial score (nSPS) is 15.4. The number of benzene rings is 3. The van der Waals surface area contributed by atoms with Gasteiger partial charge >= 0.3 is 0 Å². The average Bonchev–Trinajstić information content (AvgIpc) is 2.92. The van der Waals surface area contributed by atoms with Gasteiger partial charge in [0.05, 0.1) is 11.4 Å². The third-order valence-corrected chi connectivity index (χ3v) is 5.21. The molecule has 0 bridgehead atoms. The van der Waals surface area contributed by atoms with Gasteiger partial charge in [-0.15, -0.1) is 0 Å². The largest absolute Gasteiger partial charge is 0.484 e. The quantitative estimate of drug-likeness (QED) is 0.613. The molecule has 0 fully saturated rings. The number of ether oxygens (including phenoxy) is 1. The van der Waals surface area contributed by atoms with Crippen LogP contribution in [0.3, 0.4) is 0 Å². The number of para-hydroxylation sites is 2. The summed E-state index contributed by atoms with van der Waals surface area (Å²) in [6.45, 7) is 1.59. The Morgan fingerprint density at radius 2 is 1.62 bits per heavy atom. The van der Waals surface area contributed by atoms with Crippen LogP contribution in [0.2, 0.25) is 0 Å². The van der Waals surface area contributed by atoms with Crippen LogP contribution in [0.4, 0.5) is 15.8 Å². The fourth-order valence-electron chi connectivity index (χ4n) is 3.65. The number of carbonyl (C=O) groups excluding carboxylic acids is 3. The number of hydrogen-bond donors (Lipinski definition) is 1. The minimum atomic E-state index is -0.406. The maximum absolute atomic E-state index is 13.1. The van der Waals surface area contributed by atoms with Crippen LogP contribution in [0.5, 0.6) is 5.75 Å². The number of hydrogen-bond acceptors (Lipinski definition) is 4. The Balaban J connectivity index is 1.44. The van der Waals surface area contributed by atoms with Gasteiger partial charge in [-0.3, -0.25) is 14.4 Å². The summed E-state index contributed by atoms with van der Waals surface area (Å²) in [4.78, 5) is 39.1. The number of fused-ring (bicyclic) bond motifs is 1. The standard InChI is InChI=1S/C25H21FN2O4/c1-16-14-23(29)27-21-4-2-3-5-22(21)28(16)24(30)15-32-20-12-8-18(9-13-20)25(31)17-6-10-19(26)11-7-17/h2-13,16H,14-15H2,1H3,(H,27,29). The van der Waals surface area contributed by atoms with E-state index in [2.05, 4.69) is 5.32 Å². The van der Waals surface area contributed by atoms with E-state index >= 15 is 0 Å². The number of nitrogens with one attached hydrogen (secondary N) is 1. The lowest BCUT2D eigenvalue weighted by Gasteiger charge is -2.27. The van der Waals surface area contributed by atoms with Crippen LogP contribution in [0.25, 0.3) is 0 Å². The molecule has 0 aromatic heterocycles. The highest BCUT2D eigenvalue weighted by molar-refractivity contribution is 6.09. The number of halogens is 1. The zero-order valence-corrected chi connectivity index (χ0v) is 17.4. The highest BCUT2D eigenvalue weighted by Crippen LogP contribution is 2.31. The Kier molecular flexibility index (Phi) is 5.98. The van der Waals surface area contributed by atoms with Crippen molar-refractivity contribution in [3.8, 4) is 5.75 Å². The van der Waals surface area contributed by atoms with E-state index in [0.29, 0.717) is 28.3 Å². The van der Waals surface area contributed by atoms with E-state index in [-0.39, 0.29) is 36.7 Å². The van der Waals surface area contributed by atoms with Crippen LogP contribution in [0, 0.1) is 5.82 Å². The number of ketones is 1. The number of anilines is 2. The van der Waals surface area contributed by atoms with Crippen molar-refractivity contribution < 1.29 is 23.5 Å². The molecule has 0 saturated carbocycles. The summed E-state index contributed by atoms with van der Waals surface area (Å²) < 4.78 is 18.7. The number of rotatable bonds is 5. The minimum Gasteiger partial charge on any atom is -0.484 e. The first-order valence-corrected chi connectivity index (χ1v) is 10.2. The van der Waals surface area contributed by atoms with Crippen LogP contribution in [0.1, 0.15) is 29.3 Å². The van der Waals surface area contributed by atoms with Crippen molar-refractivity contribution in [3.05, 3.63) is 89.7 Å².